The van der Waals surface area contributed by atoms with E-state index in [-0.39, 0.29) is 11.9 Å². The second kappa shape index (κ2) is 9.78. The van der Waals surface area contributed by atoms with E-state index in [4.69, 9.17) is 16.3 Å². The van der Waals surface area contributed by atoms with Gasteiger partial charge in [0.2, 0.25) is 5.91 Å². The molecule has 3 amide bonds. The standard InChI is InChI=1S/C19H28ClN3O3/c1-13(18(24)22-19(25)21-16-7-5-4-6-8-16)23(2)12-14-11-15(20)9-10-17(14)26-3/h9-11,13,16H,4-8,12H2,1-3H3,(H2,21,22,24,25)/t13-/m0/s1. The average Bonchev–Trinajstić information content (AvgIpc) is 2.61. The minimum atomic E-state index is -0.476. The van der Waals surface area contributed by atoms with Crippen LogP contribution in [0.2, 0.25) is 5.02 Å². The maximum absolute atomic E-state index is 12.4. The molecule has 0 aromatic heterocycles. The van der Waals surface area contributed by atoms with Crippen molar-refractivity contribution in [2.75, 3.05) is 14.2 Å². The summed E-state index contributed by atoms with van der Waals surface area (Å²) in [7, 11) is 3.42. The van der Waals surface area contributed by atoms with Crippen LogP contribution >= 0.6 is 11.6 Å². The third-order valence-corrected chi connectivity index (χ3v) is 5.12. The summed E-state index contributed by atoms with van der Waals surface area (Å²) in [6.07, 6.45) is 5.42. The lowest BCUT2D eigenvalue weighted by atomic mass is 9.96. The van der Waals surface area contributed by atoms with Crippen molar-refractivity contribution in [1.82, 2.24) is 15.5 Å². The van der Waals surface area contributed by atoms with Crippen molar-refractivity contribution in [1.29, 1.82) is 0 Å². The Labute approximate surface area is 160 Å². The number of nitrogens with zero attached hydrogens (tertiary/aromatic N) is 1. The molecule has 0 saturated heterocycles. The second-order valence-corrected chi connectivity index (χ2v) is 7.28. The summed E-state index contributed by atoms with van der Waals surface area (Å²) in [6.45, 7) is 2.24. The quantitative estimate of drug-likeness (QED) is 0.792. The molecule has 0 unspecified atom stereocenters. The average molecular weight is 382 g/mol. The van der Waals surface area contributed by atoms with Crippen LogP contribution in [0, 0.1) is 0 Å². The van der Waals surface area contributed by atoms with E-state index in [9.17, 15) is 9.59 Å². The van der Waals surface area contributed by atoms with Gasteiger partial charge in [-0.05, 0) is 45.0 Å². The summed E-state index contributed by atoms with van der Waals surface area (Å²) in [5, 5.41) is 5.95. The highest BCUT2D eigenvalue weighted by molar-refractivity contribution is 6.30. The summed E-state index contributed by atoms with van der Waals surface area (Å²) in [4.78, 5) is 26.3. The maximum Gasteiger partial charge on any atom is 0.321 e. The fraction of sp³-hybridized carbons (Fsp3) is 0.579. The summed E-state index contributed by atoms with van der Waals surface area (Å²) in [6, 6.07) is 4.65. The molecule has 0 spiro atoms. The number of imide groups is 1. The molecule has 1 atom stereocenters. The van der Waals surface area contributed by atoms with Crippen LogP contribution in [-0.2, 0) is 11.3 Å². The largest absolute Gasteiger partial charge is 0.496 e. The molecule has 0 aliphatic heterocycles. The minimum absolute atomic E-state index is 0.167. The molecule has 7 heteroatoms. The molecule has 2 N–H and O–H groups in total. The highest BCUT2D eigenvalue weighted by Crippen LogP contribution is 2.24. The van der Waals surface area contributed by atoms with Gasteiger partial charge >= 0.3 is 6.03 Å². The monoisotopic (exact) mass is 381 g/mol. The Kier molecular flexibility index (Phi) is 7.72. The maximum atomic E-state index is 12.4. The molecule has 0 heterocycles. The molecule has 1 aromatic rings. The van der Waals surface area contributed by atoms with Crippen LogP contribution in [0.4, 0.5) is 4.79 Å². The van der Waals surface area contributed by atoms with Gasteiger partial charge in [0.15, 0.2) is 0 Å². The van der Waals surface area contributed by atoms with Crippen molar-refractivity contribution in [3.8, 4) is 5.75 Å². The van der Waals surface area contributed by atoms with Gasteiger partial charge in [-0.3, -0.25) is 15.0 Å². The molecule has 1 saturated carbocycles. The van der Waals surface area contributed by atoms with E-state index in [2.05, 4.69) is 10.6 Å². The van der Waals surface area contributed by atoms with Crippen molar-refractivity contribution in [2.24, 2.45) is 0 Å². The zero-order valence-electron chi connectivity index (χ0n) is 15.7. The van der Waals surface area contributed by atoms with Crippen LogP contribution in [0.3, 0.4) is 0 Å². The highest BCUT2D eigenvalue weighted by atomic mass is 35.5. The molecular formula is C19H28ClN3O3. The Bertz CT molecular complexity index is 632. The molecule has 144 valence electrons. The predicted octanol–water partition coefficient (Wildman–Crippen LogP) is 3.33. The predicted molar refractivity (Wildman–Crippen MR) is 102 cm³/mol. The zero-order valence-corrected chi connectivity index (χ0v) is 16.4. The van der Waals surface area contributed by atoms with Gasteiger partial charge in [-0.2, -0.15) is 0 Å². The van der Waals surface area contributed by atoms with Gasteiger partial charge in [0.1, 0.15) is 5.75 Å². The Morgan fingerprint density at radius 2 is 2.00 bits per heavy atom. The lowest BCUT2D eigenvalue weighted by Gasteiger charge is -2.26. The first-order valence-electron chi connectivity index (χ1n) is 9.04. The third kappa shape index (κ3) is 5.88. The number of benzene rings is 1. The normalized spacial score (nSPS) is 16.2. The third-order valence-electron chi connectivity index (χ3n) is 4.88. The van der Waals surface area contributed by atoms with Crippen LogP contribution in [0.5, 0.6) is 5.75 Å². The van der Waals surface area contributed by atoms with Crippen molar-refractivity contribution in [2.45, 2.75) is 57.7 Å². The number of carbonyl (C=O) groups is 2. The number of halogens is 1. The fourth-order valence-corrected chi connectivity index (χ4v) is 3.36. The van der Waals surface area contributed by atoms with Gasteiger partial charge in [-0.1, -0.05) is 30.9 Å². The number of ether oxygens (including phenoxy) is 1. The first kappa shape index (κ1) is 20.5. The van der Waals surface area contributed by atoms with Crippen LogP contribution in [0.1, 0.15) is 44.6 Å². The zero-order chi connectivity index (χ0) is 19.1. The van der Waals surface area contributed by atoms with Gasteiger partial charge in [-0.15, -0.1) is 0 Å². The summed E-state index contributed by atoms with van der Waals surface area (Å²) in [5.41, 5.74) is 0.883. The molecule has 0 radical (unpaired) electrons. The molecule has 26 heavy (non-hydrogen) atoms. The van der Waals surface area contributed by atoms with E-state index in [1.165, 1.54) is 6.42 Å². The van der Waals surface area contributed by atoms with E-state index in [1.807, 2.05) is 18.0 Å². The van der Waals surface area contributed by atoms with Gasteiger partial charge in [0.25, 0.3) is 0 Å². The highest BCUT2D eigenvalue weighted by Gasteiger charge is 2.23. The summed E-state index contributed by atoms with van der Waals surface area (Å²) in [5.74, 6) is 0.380. The Morgan fingerprint density at radius 3 is 2.65 bits per heavy atom. The molecule has 6 nitrogen and oxygen atoms in total. The number of nitrogens with one attached hydrogen (secondary N) is 2. The van der Waals surface area contributed by atoms with E-state index in [1.54, 1.807) is 26.2 Å². The summed E-state index contributed by atoms with van der Waals surface area (Å²) >= 11 is 6.05. The number of hydrogen-bond acceptors (Lipinski definition) is 4. The van der Waals surface area contributed by atoms with E-state index >= 15 is 0 Å². The van der Waals surface area contributed by atoms with Gasteiger partial charge in [0, 0.05) is 23.2 Å². The molecular weight excluding hydrogens is 354 g/mol. The number of urea groups is 1. The number of rotatable bonds is 6. The first-order valence-corrected chi connectivity index (χ1v) is 9.42. The SMILES string of the molecule is COc1ccc(Cl)cc1CN(C)[C@@H](C)C(=O)NC(=O)NC1CCCCC1. The van der Waals surface area contributed by atoms with Crippen LogP contribution < -0.4 is 15.4 Å². The van der Waals surface area contributed by atoms with Gasteiger partial charge < -0.3 is 10.1 Å². The van der Waals surface area contributed by atoms with Gasteiger partial charge in [-0.25, -0.2) is 4.79 Å². The lowest BCUT2D eigenvalue weighted by molar-refractivity contribution is -0.124. The lowest BCUT2D eigenvalue weighted by Crippen LogP contribution is -2.50. The van der Waals surface area contributed by atoms with Crippen molar-refractivity contribution >= 4 is 23.5 Å². The Hall–Kier alpha value is -1.79. The molecule has 1 fully saturated rings. The first-order chi connectivity index (χ1) is 12.4. The van der Waals surface area contributed by atoms with Crippen molar-refractivity contribution in [3.05, 3.63) is 28.8 Å². The molecule has 1 aromatic carbocycles. The van der Waals surface area contributed by atoms with Crippen LogP contribution in [0.15, 0.2) is 18.2 Å². The van der Waals surface area contributed by atoms with E-state index < -0.39 is 12.1 Å². The second-order valence-electron chi connectivity index (χ2n) is 6.84. The van der Waals surface area contributed by atoms with Crippen molar-refractivity contribution in [3.63, 3.8) is 0 Å². The Morgan fingerprint density at radius 1 is 1.31 bits per heavy atom. The number of likely N-dealkylation sites (N-methyl/N-ethyl adjacent to an activating group) is 1. The Balaban J connectivity index is 1.88. The van der Waals surface area contributed by atoms with Crippen molar-refractivity contribution < 1.29 is 14.3 Å². The van der Waals surface area contributed by atoms with E-state index in [0.717, 1.165) is 31.2 Å². The van der Waals surface area contributed by atoms with Gasteiger partial charge in [0.05, 0.1) is 13.2 Å². The topological polar surface area (TPSA) is 70.7 Å². The molecule has 1 aliphatic carbocycles. The molecule has 0 bridgehead atoms. The summed E-state index contributed by atoms with van der Waals surface area (Å²) < 4.78 is 5.34. The van der Waals surface area contributed by atoms with Crippen LogP contribution in [0.25, 0.3) is 0 Å². The molecule has 2 rings (SSSR count). The number of methoxy groups -OCH3 is 1. The number of carbonyl (C=O) groups excluding carboxylic acids is 2. The number of hydrogen-bond donors (Lipinski definition) is 2. The molecule has 1 aliphatic rings. The smallest absolute Gasteiger partial charge is 0.321 e. The van der Waals surface area contributed by atoms with Crippen LogP contribution in [-0.4, -0.2) is 43.1 Å². The minimum Gasteiger partial charge on any atom is -0.496 e. The fourth-order valence-electron chi connectivity index (χ4n) is 3.16. The number of amides is 3. The van der Waals surface area contributed by atoms with E-state index in [0.29, 0.717) is 17.3 Å².